The van der Waals surface area contributed by atoms with E-state index in [2.05, 4.69) is 26.9 Å². The average molecular weight is 410 g/mol. The van der Waals surface area contributed by atoms with Crippen LogP contribution < -0.4 is 14.5 Å². The van der Waals surface area contributed by atoms with Crippen LogP contribution in [0.2, 0.25) is 0 Å². The van der Waals surface area contributed by atoms with Gasteiger partial charge in [0.1, 0.15) is 11.6 Å². The molecule has 8 nitrogen and oxygen atoms in total. The van der Waals surface area contributed by atoms with Crippen molar-refractivity contribution >= 4 is 17.4 Å². The van der Waals surface area contributed by atoms with Gasteiger partial charge in [0.15, 0.2) is 5.69 Å². The number of pyridine rings is 2. The summed E-state index contributed by atoms with van der Waals surface area (Å²) in [6.07, 6.45) is 8.19. The molecule has 1 saturated heterocycles. The second-order valence-electron chi connectivity index (χ2n) is 7.64. The van der Waals surface area contributed by atoms with Gasteiger partial charge in [-0.05, 0) is 24.5 Å². The summed E-state index contributed by atoms with van der Waals surface area (Å²) in [6.45, 7) is 4.82. The Bertz CT molecular complexity index is 1070. The van der Waals surface area contributed by atoms with Gasteiger partial charge in [-0.3, -0.25) is 14.5 Å². The number of methoxy groups -OCH3 is 1. The van der Waals surface area contributed by atoms with Crippen molar-refractivity contribution in [1.29, 1.82) is 0 Å². The molecule has 30 heavy (non-hydrogen) atoms. The summed E-state index contributed by atoms with van der Waals surface area (Å²) in [4.78, 5) is 25.6. The first-order valence-corrected chi connectivity index (χ1v) is 9.73. The van der Waals surface area contributed by atoms with Gasteiger partial charge < -0.3 is 14.5 Å². The van der Waals surface area contributed by atoms with Crippen molar-refractivity contribution in [2.24, 2.45) is 5.92 Å². The molecule has 5 rings (SSSR count). The third kappa shape index (κ3) is 3.36. The number of carbonyl (C=O) groups excluding carboxylic acids is 1. The van der Waals surface area contributed by atoms with Crippen LogP contribution in [0.15, 0.2) is 43.0 Å². The van der Waals surface area contributed by atoms with Gasteiger partial charge in [-0.2, -0.15) is 5.10 Å². The highest BCUT2D eigenvalue weighted by molar-refractivity contribution is 6.08. The molecule has 1 fully saturated rings. The largest absolute Gasteiger partial charge is 0.495 e. The molecule has 0 spiro atoms. The number of hydrogen-bond donors (Lipinski definition) is 0. The molecule has 0 unspecified atom stereocenters. The number of nitrogens with zero attached hydrogens (tertiary/aromatic N) is 6. The van der Waals surface area contributed by atoms with Crippen LogP contribution in [0.3, 0.4) is 0 Å². The lowest BCUT2D eigenvalue weighted by atomic mass is 10.2. The van der Waals surface area contributed by atoms with Crippen LogP contribution >= 0.6 is 0 Å². The minimum atomic E-state index is -0.135. The topological polar surface area (TPSA) is 76.4 Å². The second-order valence-corrected chi connectivity index (χ2v) is 7.64. The lowest BCUT2D eigenvalue weighted by molar-refractivity contribution is 0.0991. The van der Waals surface area contributed by atoms with E-state index in [0.29, 0.717) is 29.6 Å². The molecular weight excluding hydrogens is 387 g/mol. The number of aromatic nitrogens is 4. The van der Waals surface area contributed by atoms with Gasteiger partial charge in [0.05, 0.1) is 43.6 Å². The molecule has 5 heterocycles. The Morgan fingerprint density at radius 3 is 2.70 bits per heavy atom. The van der Waals surface area contributed by atoms with Crippen LogP contribution in [0, 0.1) is 5.92 Å². The van der Waals surface area contributed by atoms with Gasteiger partial charge in [0, 0.05) is 30.9 Å². The van der Waals surface area contributed by atoms with Crippen molar-refractivity contribution < 1.29 is 14.2 Å². The van der Waals surface area contributed by atoms with Gasteiger partial charge in [-0.15, -0.1) is 0 Å². The standard InChI is InChI=1S/C21H22N6O2.FH/c1-14-5-6-25(11-14)19-4-3-16(9-23-19)27-13-15-12-26(21(28)20(15)24-27)17-7-18(29-2)10-22-8-17;/h3-4,7-10,13-14H,5-6,11-12H2,1-2H3;1H/t14-;/m0./s1. The van der Waals surface area contributed by atoms with Crippen molar-refractivity contribution in [3.8, 4) is 11.4 Å². The Balaban J connectivity index is 0.00000218. The summed E-state index contributed by atoms with van der Waals surface area (Å²) >= 11 is 0. The fraction of sp³-hybridized carbons (Fsp3) is 0.333. The van der Waals surface area contributed by atoms with Crippen LogP contribution in [0.25, 0.3) is 5.69 Å². The molecule has 0 bridgehead atoms. The number of rotatable bonds is 4. The molecule has 1 atom stereocenters. The fourth-order valence-corrected chi connectivity index (χ4v) is 3.93. The van der Waals surface area contributed by atoms with Gasteiger partial charge in [0.2, 0.25) is 0 Å². The lowest BCUT2D eigenvalue weighted by Crippen LogP contribution is -2.24. The molecule has 1 amide bonds. The van der Waals surface area contributed by atoms with E-state index < -0.39 is 0 Å². The van der Waals surface area contributed by atoms with Crippen molar-refractivity contribution in [1.82, 2.24) is 19.7 Å². The van der Waals surface area contributed by atoms with Crippen molar-refractivity contribution in [2.45, 2.75) is 19.9 Å². The first kappa shape index (κ1) is 19.8. The number of halogens is 1. The maximum atomic E-state index is 12.9. The Labute approximate surface area is 173 Å². The van der Waals surface area contributed by atoms with Crippen molar-refractivity contribution in [3.05, 3.63) is 54.2 Å². The molecule has 3 aromatic rings. The van der Waals surface area contributed by atoms with Crippen LogP contribution in [-0.4, -0.2) is 45.9 Å². The predicted molar refractivity (Wildman–Crippen MR) is 111 cm³/mol. The van der Waals surface area contributed by atoms with E-state index in [1.54, 1.807) is 35.2 Å². The summed E-state index contributed by atoms with van der Waals surface area (Å²) in [5.74, 6) is 2.18. The number of fused-ring (bicyclic) bond motifs is 1. The van der Waals surface area contributed by atoms with E-state index in [9.17, 15) is 4.79 Å². The van der Waals surface area contributed by atoms with Crippen LogP contribution in [0.4, 0.5) is 16.2 Å². The third-order valence-corrected chi connectivity index (χ3v) is 5.56. The highest BCUT2D eigenvalue weighted by Crippen LogP contribution is 2.30. The van der Waals surface area contributed by atoms with Gasteiger partial charge >= 0.3 is 0 Å². The molecule has 0 N–H and O–H groups in total. The van der Waals surface area contributed by atoms with Gasteiger partial charge in [-0.1, -0.05) is 6.92 Å². The van der Waals surface area contributed by atoms with Gasteiger partial charge in [-0.25, -0.2) is 9.67 Å². The Kier molecular flexibility index (Phi) is 5.11. The zero-order valence-corrected chi connectivity index (χ0v) is 16.9. The van der Waals surface area contributed by atoms with Crippen molar-refractivity contribution in [3.63, 3.8) is 0 Å². The van der Waals surface area contributed by atoms with Crippen LogP contribution in [-0.2, 0) is 6.54 Å². The normalized spacial score (nSPS) is 17.8. The smallest absolute Gasteiger partial charge is 0.279 e. The molecule has 2 aliphatic heterocycles. The second kappa shape index (κ2) is 7.74. The highest BCUT2D eigenvalue weighted by Gasteiger charge is 2.32. The molecular formula is C21H23FN6O2. The summed E-state index contributed by atoms with van der Waals surface area (Å²) in [6, 6.07) is 5.82. The minimum absolute atomic E-state index is 0. The van der Waals surface area contributed by atoms with E-state index in [0.717, 1.165) is 30.2 Å². The SMILES string of the molecule is COc1cncc(N2Cc3cn(-c4ccc(N5CC[C@H](C)C5)nc4)nc3C2=O)c1.F. The first-order valence-electron chi connectivity index (χ1n) is 9.73. The maximum absolute atomic E-state index is 12.9. The van der Waals surface area contributed by atoms with E-state index >= 15 is 0 Å². The Morgan fingerprint density at radius 1 is 1.17 bits per heavy atom. The molecule has 0 saturated carbocycles. The summed E-state index contributed by atoms with van der Waals surface area (Å²) in [5.41, 5.74) is 2.89. The number of amides is 1. The minimum Gasteiger partial charge on any atom is -0.495 e. The number of ether oxygens (including phenoxy) is 1. The number of carbonyl (C=O) groups is 1. The van der Waals surface area contributed by atoms with E-state index in [4.69, 9.17) is 4.74 Å². The molecule has 156 valence electrons. The van der Waals surface area contributed by atoms with Crippen LogP contribution in [0.5, 0.6) is 5.75 Å². The summed E-state index contributed by atoms with van der Waals surface area (Å²) in [5, 5.41) is 4.52. The molecule has 0 aromatic carbocycles. The third-order valence-electron chi connectivity index (χ3n) is 5.56. The Hall–Kier alpha value is -3.49. The van der Waals surface area contributed by atoms with Crippen molar-refractivity contribution in [2.75, 3.05) is 30.0 Å². The summed E-state index contributed by atoms with van der Waals surface area (Å²) < 4.78 is 6.94. The highest BCUT2D eigenvalue weighted by atomic mass is 19.0. The Morgan fingerprint density at radius 2 is 2.03 bits per heavy atom. The predicted octanol–water partition coefficient (Wildman–Crippen LogP) is 2.83. The average Bonchev–Trinajstić information content (AvgIpc) is 3.44. The molecule has 0 radical (unpaired) electrons. The molecule has 2 aliphatic rings. The molecule has 0 aliphatic carbocycles. The zero-order chi connectivity index (χ0) is 20.0. The van der Waals surface area contributed by atoms with E-state index in [1.807, 2.05) is 24.5 Å². The van der Waals surface area contributed by atoms with Crippen LogP contribution in [0.1, 0.15) is 29.4 Å². The lowest BCUT2D eigenvalue weighted by Gasteiger charge is -2.17. The number of anilines is 2. The number of hydrogen-bond acceptors (Lipinski definition) is 6. The monoisotopic (exact) mass is 410 g/mol. The van der Waals surface area contributed by atoms with E-state index in [1.165, 1.54) is 6.42 Å². The fourth-order valence-electron chi connectivity index (χ4n) is 3.93. The maximum Gasteiger partial charge on any atom is 0.279 e. The molecule has 9 heteroatoms. The van der Waals surface area contributed by atoms with E-state index in [-0.39, 0.29) is 10.6 Å². The first-order chi connectivity index (χ1) is 14.1. The zero-order valence-electron chi connectivity index (χ0n) is 16.9. The summed E-state index contributed by atoms with van der Waals surface area (Å²) in [7, 11) is 1.58. The quantitative estimate of drug-likeness (QED) is 0.658. The molecule has 3 aromatic heterocycles. The van der Waals surface area contributed by atoms with Gasteiger partial charge in [0.25, 0.3) is 5.91 Å².